The molecule has 0 aliphatic heterocycles. The first-order chi connectivity index (χ1) is 15.1. The molecule has 0 saturated heterocycles. The molecule has 1 aromatic heterocycles. The molecule has 2 N–H and O–H groups in total. The van der Waals surface area contributed by atoms with Gasteiger partial charge in [0.15, 0.2) is 10.6 Å². The zero-order valence-corrected chi connectivity index (χ0v) is 17.9. The topological polar surface area (TPSA) is 71.9 Å². The third-order valence-electron chi connectivity index (χ3n) is 4.72. The highest BCUT2D eigenvalue weighted by atomic mass is 32.1. The number of carbonyl (C=O) groups excluding carboxylic acids is 1. The molecule has 0 aliphatic carbocycles. The number of hydrogen-bond donors (Lipinski definition) is 2. The average Bonchev–Trinajstić information content (AvgIpc) is 3.14. The number of aromatic nitrogens is 3. The van der Waals surface area contributed by atoms with Crippen molar-refractivity contribution in [2.75, 3.05) is 5.32 Å². The number of H-pyrrole nitrogens is 1. The minimum absolute atomic E-state index is 0.0604. The summed E-state index contributed by atoms with van der Waals surface area (Å²) in [5, 5.41) is 9.97. The maximum atomic E-state index is 12.6. The number of hydrogen-bond acceptors (Lipinski definition) is 4. The summed E-state index contributed by atoms with van der Waals surface area (Å²) in [5.74, 6) is 1.18. The summed E-state index contributed by atoms with van der Waals surface area (Å²) in [7, 11) is 0. The van der Waals surface area contributed by atoms with E-state index in [4.69, 9.17) is 17.0 Å². The van der Waals surface area contributed by atoms with Gasteiger partial charge in [-0.05, 0) is 55.0 Å². The number of ether oxygens (including phenoxy) is 1. The fourth-order valence-electron chi connectivity index (χ4n) is 3.19. The highest BCUT2D eigenvalue weighted by molar-refractivity contribution is 7.71. The van der Waals surface area contributed by atoms with Gasteiger partial charge in [-0.25, -0.2) is 0 Å². The van der Waals surface area contributed by atoms with Crippen LogP contribution in [0.5, 0.6) is 5.75 Å². The highest BCUT2D eigenvalue weighted by Crippen LogP contribution is 2.20. The van der Waals surface area contributed by atoms with Crippen molar-refractivity contribution in [1.82, 2.24) is 14.8 Å². The molecule has 0 bridgehead atoms. The number of anilines is 1. The largest absolute Gasteiger partial charge is 0.489 e. The smallest absolute Gasteiger partial charge is 0.244 e. The first-order valence-electron chi connectivity index (χ1n) is 9.87. The summed E-state index contributed by atoms with van der Waals surface area (Å²) in [6, 6.07) is 25.2. The molecule has 7 heteroatoms. The predicted octanol–water partition coefficient (Wildman–Crippen LogP) is 5.13. The van der Waals surface area contributed by atoms with Gasteiger partial charge in [0, 0.05) is 11.3 Å². The monoisotopic (exact) mass is 430 g/mol. The molecule has 0 saturated carbocycles. The van der Waals surface area contributed by atoms with E-state index in [0.29, 0.717) is 22.9 Å². The number of benzene rings is 3. The number of nitrogens with one attached hydrogen (secondary N) is 2. The van der Waals surface area contributed by atoms with Crippen LogP contribution >= 0.6 is 12.2 Å². The van der Waals surface area contributed by atoms with Crippen LogP contribution in [0.2, 0.25) is 0 Å². The Morgan fingerprint density at radius 2 is 1.84 bits per heavy atom. The standard InChI is InChI=1S/C24H22N4O2S/c1-17-6-5-9-19(14-17)23-26-27-24(31)28(23)15-22(29)25-20-10-12-21(13-11-20)30-16-18-7-3-2-4-8-18/h2-14H,15-16H2,1H3,(H,25,29)(H,27,31). The van der Waals surface area contributed by atoms with Gasteiger partial charge in [-0.1, -0.05) is 54.1 Å². The van der Waals surface area contributed by atoms with Crippen molar-refractivity contribution in [3.05, 3.63) is 94.8 Å². The van der Waals surface area contributed by atoms with E-state index in [1.807, 2.05) is 85.8 Å². The summed E-state index contributed by atoms with van der Waals surface area (Å²) in [4.78, 5) is 12.6. The Morgan fingerprint density at radius 1 is 1.06 bits per heavy atom. The number of carbonyl (C=O) groups is 1. The molecule has 0 radical (unpaired) electrons. The van der Waals surface area contributed by atoms with Crippen molar-refractivity contribution in [3.8, 4) is 17.1 Å². The fraction of sp³-hybridized carbons (Fsp3) is 0.125. The SMILES string of the molecule is Cc1cccc(-c2n[nH]c(=S)n2CC(=O)Nc2ccc(OCc3ccccc3)cc2)c1. The first kappa shape index (κ1) is 20.6. The van der Waals surface area contributed by atoms with Crippen molar-refractivity contribution in [3.63, 3.8) is 0 Å². The third kappa shape index (κ3) is 5.26. The van der Waals surface area contributed by atoms with Gasteiger partial charge in [0.2, 0.25) is 5.91 Å². The van der Waals surface area contributed by atoms with E-state index in [9.17, 15) is 4.79 Å². The van der Waals surface area contributed by atoms with Crippen molar-refractivity contribution in [2.24, 2.45) is 0 Å². The van der Waals surface area contributed by atoms with Gasteiger partial charge in [0.1, 0.15) is 18.9 Å². The minimum Gasteiger partial charge on any atom is -0.489 e. The molecule has 156 valence electrons. The van der Waals surface area contributed by atoms with Gasteiger partial charge in [-0.15, -0.1) is 0 Å². The molecule has 6 nitrogen and oxygen atoms in total. The Morgan fingerprint density at radius 3 is 2.58 bits per heavy atom. The van der Waals surface area contributed by atoms with E-state index >= 15 is 0 Å². The van der Waals surface area contributed by atoms with E-state index in [1.165, 1.54) is 0 Å². The van der Waals surface area contributed by atoms with E-state index in [1.54, 1.807) is 4.57 Å². The van der Waals surface area contributed by atoms with Gasteiger partial charge in [0.05, 0.1) is 0 Å². The molecular weight excluding hydrogens is 408 g/mol. The minimum atomic E-state index is -0.190. The predicted molar refractivity (Wildman–Crippen MR) is 123 cm³/mol. The second kappa shape index (κ2) is 9.40. The lowest BCUT2D eigenvalue weighted by Crippen LogP contribution is -2.19. The highest BCUT2D eigenvalue weighted by Gasteiger charge is 2.13. The zero-order chi connectivity index (χ0) is 21.6. The van der Waals surface area contributed by atoms with Crippen molar-refractivity contribution < 1.29 is 9.53 Å². The number of nitrogens with zero attached hydrogens (tertiary/aromatic N) is 2. The van der Waals surface area contributed by atoms with E-state index < -0.39 is 0 Å². The lowest BCUT2D eigenvalue weighted by Gasteiger charge is -2.10. The maximum absolute atomic E-state index is 12.6. The molecule has 0 fully saturated rings. The summed E-state index contributed by atoms with van der Waals surface area (Å²) in [5.41, 5.74) is 3.79. The van der Waals surface area contributed by atoms with Crippen LogP contribution in [0.1, 0.15) is 11.1 Å². The summed E-state index contributed by atoms with van der Waals surface area (Å²) < 4.78 is 7.87. The number of amides is 1. The molecule has 31 heavy (non-hydrogen) atoms. The Labute approximate surface area is 185 Å². The van der Waals surface area contributed by atoms with Crippen LogP contribution in [0.25, 0.3) is 11.4 Å². The van der Waals surface area contributed by atoms with Gasteiger partial charge >= 0.3 is 0 Å². The van der Waals surface area contributed by atoms with Crippen molar-refractivity contribution >= 4 is 23.8 Å². The van der Waals surface area contributed by atoms with Crippen LogP contribution in [-0.2, 0) is 17.9 Å². The molecule has 0 spiro atoms. The molecule has 1 heterocycles. The molecule has 1 amide bonds. The summed E-state index contributed by atoms with van der Waals surface area (Å²) in [6.07, 6.45) is 0. The number of aryl methyl sites for hydroxylation is 1. The fourth-order valence-corrected chi connectivity index (χ4v) is 3.39. The van der Waals surface area contributed by atoms with Gasteiger partial charge < -0.3 is 10.1 Å². The molecular formula is C24H22N4O2S. The summed E-state index contributed by atoms with van der Waals surface area (Å²) in [6.45, 7) is 2.56. The maximum Gasteiger partial charge on any atom is 0.244 e. The lowest BCUT2D eigenvalue weighted by atomic mass is 10.1. The Kier molecular flexibility index (Phi) is 6.24. The second-order valence-corrected chi connectivity index (χ2v) is 7.54. The number of rotatable bonds is 7. The van der Waals surface area contributed by atoms with Crippen LogP contribution in [0.15, 0.2) is 78.9 Å². The van der Waals surface area contributed by atoms with Gasteiger partial charge in [-0.3, -0.25) is 14.5 Å². The van der Waals surface area contributed by atoms with Crippen LogP contribution in [0.3, 0.4) is 0 Å². The van der Waals surface area contributed by atoms with Crippen LogP contribution < -0.4 is 10.1 Å². The second-order valence-electron chi connectivity index (χ2n) is 7.15. The molecule has 0 atom stereocenters. The Balaban J connectivity index is 1.39. The van der Waals surface area contributed by atoms with E-state index in [0.717, 1.165) is 22.4 Å². The third-order valence-corrected chi connectivity index (χ3v) is 5.03. The zero-order valence-electron chi connectivity index (χ0n) is 17.0. The molecule has 0 unspecified atom stereocenters. The molecule has 0 aliphatic rings. The van der Waals surface area contributed by atoms with Crippen LogP contribution in [-0.4, -0.2) is 20.7 Å². The van der Waals surface area contributed by atoms with Crippen molar-refractivity contribution in [1.29, 1.82) is 0 Å². The van der Waals surface area contributed by atoms with E-state index in [-0.39, 0.29) is 12.5 Å². The number of aromatic amines is 1. The lowest BCUT2D eigenvalue weighted by molar-refractivity contribution is -0.116. The average molecular weight is 431 g/mol. The van der Waals surface area contributed by atoms with Crippen molar-refractivity contribution in [2.45, 2.75) is 20.1 Å². The first-order valence-corrected chi connectivity index (χ1v) is 10.3. The van der Waals surface area contributed by atoms with Gasteiger partial charge in [0.25, 0.3) is 0 Å². The quantitative estimate of drug-likeness (QED) is 0.399. The van der Waals surface area contributed by atoms with E-state index in [2.05, 4.69) is 15.5 Å². The Hall–Kier alpha value is -3.71. The Bertz CT molecular complexity index is 1230. The normalized spacial score (nSPS) is 10.6. The van der Waals surface area contributed by atoms with Gasteiger partial charge in [-0.2, -0.15) is 5.10 Å². The summed E-state index contributed by atoms with van der Waals surface area (Å²) >= 11 is 5.32. The van der Waals surface area contributed by atoms with Crippen LogP contribution in [0.4, 0.5) is 5.69 Å². The van der Waals surface area contributed by atoms with Crippen LogP contribution in [0, 0.1) is 11.7 Å². The molecule has 4 rings (SSSR count). The molecule has 4 aromatic rings. The molecule has 3 aromatic carbocycles.